The molecular weight excluding hydrogens is 312 g/mol. The molecule has 0 atom stereocenters. The SMILES string of the molecule is CCC(=O)Oc1c(CSC(C)=O)cccc1Oc1ccccc1. The Bertz CT molecular complexity index is 683. The van der Waals surface area contributed by atoms with Crippen LogP contribution in [-0.2, 0) is 15.3 Å². The van der Waals surface area contributed by atoms with Crippen molar-refractivity contribution >= 4 is 22.8 Å². The number of benzene rings is 2. The second-order valence-corrected chi connectivity index (χ2v) is 5.92. The molecular formula is C18H18O4S. The molecule has 0 unspecified atom stereocenters. The van der Waals surface area contributed by atoms with Crippen LogP contribution in [0.2, 0.25) is 0 Å². The van der Waals surface area contributed by atoms with E-state index in [9.17, 15) is 9.59 Å². The summed E-state index contributed by atoms with van der Waals surface area (Å²) < 4.78 is 11.3. The first kappa shape index (κ1) is 17.1. The summed E-state index contributed by atoms with van der Waals surface area (Å²) in [4.78, 5) is 22.9. The maximum atomic E-state index is 11.7. The van der Waals surface area contributed by atoms with Crippen LogP contribution in [0.3, 0.4) is 0 Å². The van der Waals surface area contributed by atoms with Crippen LogP contribution in [0.25, 0.3) is 0 Å². The van der Waals surface area contributed by atoms with Crippen molar-refractivity contribution in [2.45, 2.75) is 26.0 Å². The lowest BCUT2D eigenvalue weighted by Gasteiger charge is -2.14. The van der Waals surface area contributed by atoms with Gasteiger partial charge in [-0.3, -0.25) is 9.59 Å². The second kappa shape index (κ2) is 8.39. The molecule has 0 aliphatic heterocycles. The number of carbonyl (C=O) groups excluding carboxylic acids is 2. The van der Waals surface area contributed by atoms with Crippen molar-refractivity contribution in [3.05, 3.63) is 54.1 Å². The van der Waals surface area contributed by atoms with Crippen LogP contribution in [0.4, 0.5) is 0 Å². The van der Waals surface area contributed by atoms with Gasteiger partial charge in [0.05, 0.1) is 0 Å². The molecule has 0 aliphatic carbocycles. The molecule has 0 fully saturated rings. The Kier molecular flexibility index (Phi) is 6.23. The predicted octanol–water partition coefficient (Wildman–Crippen LogP) is 4.57. The van der Waals surface area contributed by atoms with Gasteiger partial charge in [0.25, 0.3) is 0 Å². The lowest BCUT2D eigenvalue weighted by atomic mass is 10.2. The molecule has 0 aliphatic rings. The minimum absolute atomic E-state index is 0.00662. The van der Waals surface area contributed by atoms with Gasteiger partial charge in [0.2, 0.25) is 0 Å². The molecule has 4 nitrogen and oxygen atoms in total. The van der Waals surface area contributed by atoms with E-state index in [0.29, 0.717) is 23.0 Å². The summed E-state index contributed by atoms with van der Waals surface area (Å²) in [6.45, 7) is 3.24. The first-order chi connectivity index (χ1) is 11.1. The molecule has 0 saturated carbocycles. The fourth-order valence-corrected chi connectivity index (χ4v) is 2.44. The summed E-state index contributed by atoms with van der Waals surface area (Å²) in [5.41, 5.74) is 0.750. The quantitative estimate of drug-likeness (QED) is 0.573. The smallest absolute Gasteiger partial charge is 0.311 e. The molecule has 0 amide bonds. The van der Waals surface area contributed by atoms with Crippen molar-refractivity contribution in [2.24, 2.45) is 0 Å². The maximum Gasteiger partial charge on any atom is 0.311 e. The highest BCUT2D eigenvalue weighted by Crippen LogP contribution is 2.36. The fraction of sp³-hybridized carbons (Fsp3) is 0.222. The molecule has 0 heterocycles. The summed E-state index contributed by atoms with van der Waals surface area (Å²) in [7, 11) is 0. The summed E-state index contributed by atoms with van der Waals surface area (Å²) in [5.74, 6) is 1.56. The normalized spacial score (nSPS) is 10.2. The third-order valence-corrected chi connectivity index (χ3v) is 3.83. The number of ether oxygens (including phenoxy) is 2. The van der Waals surface area contributed by atoms with E-state index >= 15 is 0 Å². The van der Waals surface area contributed by atoms with Crippen molar-refractivity contribution in [2.75, 3.05) is 0 Å². The third-order valence-electron chi connectivity index (χ3n) is 2.97. The number of hydrogen-bond acceptors (Lipinski definition) is 5. The van der Waals surface area contributed by atoms with E-state index in [4.69, 9.17) is 9.47 Å². The van der Waals surface area contributed by atoms with Gasteiger partial charge in [-0.2, -0.15) is 0 Å². The minimum Gasteiger partial charge on any atom is -0.453 e. The van der Waals surface area contributed by atoms with Crippen LogP contribution in [0.1, 0.15) is 25.8 Å². The van der Waals surface area contributed by atoms with Gasteiger partial charge >= 0.3 is 5.97 Å². The van der Waals surface area contributed by atoms with Crippen LogP contribution in [0, 0.1) is 0 Å². The van der Waals surface area contributed by atoms with E-state index in [0.717, 1.165) is 17.3 Å². The number of thioether (sulfide) groups is 1. The van der Waals surface area contributed by atoms with Crippen molar-refractivity contribution in [1.29, 1.82) is 0 Å². The predicted molar refractivity (Wildman–Crippen MR) is 90.9 cm³/mol. The zero-order valence-corrected chi connectivity index (χ0v) is 13.9. The maximum absolute atomic E-state index is 11.7. The molecule has 120 valence electrons. The Balaban J connectivity index is 2.33. The molecule has 0 bridgehead atoms. The van der Waals surface area contributed by atoms with Gasteiger partial charge in [-0.05, 0) is 18.2 Å². The molecule has 2 aromatic rings. The van der Waals surface area contributed by atoms with Crippen LogP contribution in [-0.4, -0.2) is 11.1 Å². The molecule has 0 spiro atoms. The highest BCUT2D eigenvalue weighted by Gasteiger charge is 2.16. The van der Waals surface area contributed by atoms with Gasteiger partial charge in [0, 0.05) is 24.7 Å². The largest absolute Gasteiger partial charge is 0.453 e. The van der Waals surface area contributed by atoms with Gasteiger partial charge in [0.15, 0.2) is 16.6 Å². The lowest BCUT2D eigenvalue weighted by molar-refractivity contribution is -0.134. The van der Waals surface area contributed by atoms with E-state index < -0.39 is 0 Å². The van der Waals surface area contributed by atoms with E-state index in [1.54, 1.807) is 13.0 Å². The van der Waals surface area contributed by atoms with Crippen LogP contribution in [0.15, 0.2) is 48.5 Å². The Morgan fingerprint density at radius 2 is 1.78 bits per heavy atom. The first-order valence-electron chi connectivity index (χ1n) is 7.29. The van der Waals surface area contributed by atoms with Gasteiger partial charge < -0.3 is 9.47 Å². The third kappa shape index (κ3) is 5.14. The summed E-state index contributed by atoms with van der Waals surface area (Å²) in [5, 5.41) is 0.00662. The molecule has 2 aromatic carbocycles. The second-order valence-electron chi connectivity index (χ2n) is 4.77. The van der Waals surface area contributed by atoms with Crippen molar-refractivity contribution < 1.29 is 19.1 Å². The average molecular weight is 330 g/mol. The number of carbonyl (C=O) groups is 2. The monoisotopic (exact) mass is 330 g/mol. The summed E-state index contributed by atoms with van der Waals surface area (Å²) in [6, 6.07) is 14.7. The Hall–Kier alpha value is -2.27. The standard InChI is InChI=1S/C18H18O4S/c1-3-17(20)22-18-14(12-23-13(2)19)8-7-11-16(18)21-15-9-5-4-6-10-15/h4-11H,3,12H2,1-2H3. The van der Waals surface area contributed by atoms with Crippen molar-refractivity contribution in [1.82, 2.24) is 0 Å². The molecule has 0 aromatic heterocycles. The van der Waals surface area contributed by atoms with E-state index in [-0.39, 0.29) is 17.5 Å². The molecule has 0 radical (unpaired) electrons. The molecule has 5 heteroatoms. The Labute approximate surface area is 139 Å². The molecule has 23 heavy (non-hydrogen) atoms. The van der Waals surface area contributed by atoms with Crippen LogP contribution >= 0.6 is 11.8 Å². The van der Waals surface area contributed by atoms with E-state index in [1.807, 2.05) is 42.5 Å². The molecule has 0 N–H and O–H groups in total. The van der Waals surface area contributed by atoms with Crippen molar-refractivity contribution in [3.8, 4) is 17.2 Å². The van der Waals surface area contributed by atoms with E-state index in [1.165, 1.54) is 6.92 Å². The van der Waals surface area contributed by atoms with E-state index in [2.05, 4.69) is 0 Å². The number of esters is 1. The van der Waals surface area contributed by atoms with Gasteiger partial charge in [-0.15, -0.1) is 0 Å². The van der Waals surface area contributed by atoms with Gasteiger partial charge in [0.1, 0.15) is 5.75 Å². The number of hydrogen-bond donors (Lipinski definition) is 0. The minimum atomic E-state index is -0.344. The van der Waals surface area contributed by atoms with Gasteiger partial charge in [-0.25, -0.2) is 0 Å². The topological polar surface area (TPSA) is 52.6 Å². The zero-order chi connectivity index (χ0) is 16.7. The molecule has 2 rings (SSSR count). The van der Waals surface area contributed by atoms with Crippen LogP contribution in [0.5, 0.6) is 17.2 Å². The Morgan fingerprint density at radius 3 is 2.43 bits per heavy atom. The van der Waals surface area contributed by atoms with Gasteiger partial charge in [-0.1, -0.05) is 49.0 Å². The average Bonchev–Trinajstić information content (AvgIpc) is 2.55. The highest BCUT2D eigenvalue weighted by molar-refractivity contribution is 8.12. The number of rotatable bonds is 6. The summed E-state index contributed by atoms with van der Waals surface area (Å²) >= 11 is 1.16. The summed E-state index contributed by atoms with van der Waals surface area (Å²) in [6.07, 6.45) is 0.263. The fourth-order valence-electron chi connectivity index (χ4n) is 1.85. The number of para-hydroxylation sites is 2. The lowest BCUT2D eigenvalue weighted by Crippen LogP contribution is -2.08. The Morgan fingerprint density at radius 1 is 1.04 bits per heavy atom. The zero-order valence-electron chi connectivity index (χ0n) is 13.1. The first-order valence-corrected chi connectivity index (χ1v) is 8.27. The van der Waals surface area contributed by atoms with Crippen molar-refractivity contribution in [3.63, 3.8) is 0 Å². The highest BCUT2D eigenvalue weighted by atomic mass is 32.2. The molecule has 0 saturated heterocycles. The van der Waals surface area contributed by atoms with Crippen LogP contribution < -0.4 is 9.47 Å².